The minimum atomic E-state index is -0.315. The highest BCUT2D eigenvalue weighted by Crippen LogP contribution is 2.05. The minimum absolute atomic E-state index is 0.260. The Kier molecular flexibility index (Phi) is 5.42. The molecule has 5 nitrogen and oxygen atoms in total. The molecule has 0 radical (unpaired) electrons. The van der Waals surface area contributed by atoms with Gasteiger partial charge in [0.25, 0.3) is 0 Å². The third-order valence-corrected chi connectivity index (χ3v) is 2.42. The van der Waals surface area contributed by atoms with Crippen LogP contribution < -0.4 is 11.5 Å². The second-order valence-electron chi connectivity index (χ2n) is 4.08. The molecule has 0 unspecified atom stereocenters. The first-order chi connectivity index (χ1) is 8.11. The van der Waals surface area contributed by atoms with E-state index in [4.69, 9.17) is 11.5 Å². The van der Waals surface area contributed by atoms with Gasteiger partial charge in [-0.05, 0) is 25.1 Å². The van der Waals surface area contributed by atoms with Crippen LogP contribution in [0, 0.1) is 0 Å². The largest absolute Gasteiger partial charge is 0.384 e. The van der Waals surface area contributed by atoms with Gasteiger partial charge in [-0.15, -0.1) is 0 Å². The van der Waals surface area contributed by atoms with E-state index in [0.29, 0.717) is 12.4 Å². The van der Waals surface area contributed by atoms with Crippen molar-refractivity contribution in [2.24, 2.45) is 5.73 Å². The fraction of sp³-hybridized carbons (Fsp3) is 0.500. The number of carbonyl (C=O) groups is 1. The molecule has 1 rings (SSSR count). The second kappa shape index (κ2) is 6.85. The van der Waals surface area contributed by atoms with Crippen molar-refractivity contribution in [2.45, 2.75) is 26.3 Å². The first-order valence-corrected chi connectivity index (χ1v) is 5.84. The van der Waals surface area contributed by atoms with E-state index in [2.05, 4.69) is 11.9 Å². The summed E-state index contributed by atoms with van der Waals surface area (Å²) in [6.07, 6.45) is 2.12. The summed E-state index contributed by atoms with van der Waals surface area (Å²) in [6, 6.07) is 5.50. The molecule has 1 aromatic rings. The minimum Gasteiger partial charge on any atom is -0.384 e. The summed E-state index contributed by atoms with van der Waals surface area (Å²) in [5.74, 6) is 0.182. The van der Waals surface area contributed by atoms with Crippen LogP contribution in [0.25, 0.3) is 0 Å². The molecule has 1 amide bonds. The van der Waals surface area contributed by atoms with Gasteiger partial charge in [0.2, 0.25) is 5.91 Å². The number of nitrogen functional groups attached to an aromatic ring is 1. The van der Waals surface area contributed by atoms with Crippen molar-refractivity contribution in [2.75, 3.05) is 18.8 Å². The Bertz CT molecular complexity index is 367. The number of unbranched alkanes of at least 4 members (excludes halogenated alkanes) is 1. The van der Waals surface area contributed by atoms with Crippen molar-refractivity contribution in [3.8, 4) is 0 Å². The Hall–Kier alpha value is -1.62. The summed E-state index contributed by atoms with van der Waals surface area (Å²) < 4.78 is 0. The Balaban J connectivity index is 2.61. The third-order valence-electron chi connectivity index (χ3n) is 2.42. The monoisotopic (exact) mass is 236 g/mol. The van der Waals surface area contributed by atoms with Crippen molar-refractivity contribution in [3.63, 3.8) is 0 Å². The number of carbonyl (C=O) groups excluding carboxylic acids is 1. The molecule has 94 valence electrons. The fourth-order valence-corrected chi connectivity index (χ4v) is 1.63. The van der Waals surface area contributed by atoms with Gasteiger partial charge in [-0.2, -0.15) is 0 Å². The standard InChI is InChI=1S/C12H20N4O/c1-2-3-7-16(9-12(14)17)8-10-5-4-6-11(13)15-10/h4-6H,2-3,7-9H2,1H3,(H2,13,15)(H2,14,17). The molecule has 4 N–H and O–H groups in total. The Morgan fingerprint density at radius 1 is 1.47 bits per heavy atom. The molecule has 0 aliphatic heterocycles. The molecule has 0 aliphatic carbocycles. The quantitative estimate of drug-likeness (QED) is 0.731. The molecule has 5 heteroatoms. The smallest absolute Gasteiger partial charge is 0.231 e. The molecule has 0 aliphatic rings. The number of nitrogens with two attached hydrogens (primary N) is 2. The number of amides is 1. The Morgan fingerprint density at radius 3 is 2.82 bits per heavy atom. The van der Waals surface area contributed by atoms with Gasteiger partial charge in [0.05, 0.1) is 12.2 Å². The van der Waals surface area contributed by atoms with Gasteiger partial charge in [0.15, 0.2) is 0 Å². The number of pyridine rings is 1. The van der Waals surface area contributed by atoms with Gasteiger partial charge >= 0.3 is 0 Å². The molecule has 0 aromatic carbocycles. The van der Waals surface area contributed by atoms with Crippen LogP contribution in [0.2, 0.25) is 0 Å². The fourth-order valence-electron chi connectivity index (χ4n) is 1.63. The lowest BCUT2D eigenvalue weighted by atomic mass is 10.2. The highest BCUT2D eigenvalue weighted by atomic mass is 16.1. The average Bonchev–Trinajstić information content (AvgIpc) is 2.25. The number of hydrogen-bond acceptors (Lipinski definition) is 4. The SMILES string of the molecule is CCCCN(CC(N)=O)Cc1cccc(N)n1. The number of nitrogens with zero attached hydrogens (tertiary/aromatic N) is 2. The summed E-state index contributed by atoms with van der Waals surface area (Å²) in [6.45, 7) is 3.82. The molecule has 1 heterocycles. The summed E-state index contributed by atoms with van der Waals surface area (Å²) >= 11 is 0. The van der Waals surface area contributed by atoms with E-state index in [0.717, 1.165) is 25.1 Å². The van der Waals surface area contributed by atoms with E-state index < -0.39 is 0 Å². The van der Waals surface area contributed by atoms with Gasteiger partial charge in [0, 0.05) is 6.54 Å². The zero-order valence-electron chi connectivity index (χ0n) is 10.2. The zero-order chi connectivity index (χ0) is 12.7. The van der Waals surface area contributed by atoms with E-state index in [1.807, 2.05) is 17.0 Å². The number of primary amides is 1. The molecule has 0 spiro atoms. The van der Waals surface area contributed by atoms with Crippen LogP contribution in [0.1, 0.15) is 25.5 Å². The molecule has 0 fully saturated rings. The number of rotatable bonds is 7. The van der Waals surface area contributed by atoms with Crippen LogP contribution in [0.4, 0.5) is 5.82 Å². The van der Waals surface area contributed by atoms with Crippen LogP contribution in [0.15, 0.2) is 18.2 Å². The van der Waals surface area contributed by atoms with Crippen molar-refractivity contribution >= 4 is 11.7 Å². The van der Waals surface area contributed by atoms with Crippen LogP contribution in [-0.4, -0.2) is 28.9 Å². The molecule has 17 heavy (non-hydrogen) atoms. The molecular weight excluding hydrogens is 216 g/mol. The van der Waals surface area contributed by atoms with E-state index in [-0.39, 0.29) is 12.5 Å². The van der Waals surface area contributed by atoms with Gasteiger partial charge in [-0.25, -0.2) is 4.98 Å². The van der Waals surface area contributed by atoms with E-state index in [1.54, 1.807) is 6.07 Å². The molecular formula is C12H20N4O. The Morgan fingerprint density at radius 2 is 2.24 bits per heavy atom. The van der Waals surface area contributed by atoms with E-state index in [9.17, 15) is 4.79 Å². The molecule has 0 saturated carbocycles. The van der Waals surface area contributed by atoms with Gasteiger partial charge < -0.3 is 11.5 Å². The van der Waals surface area contributed by atoms with Gasteiger partial charge in [-0.3, -0.25) is 9.69 Å². The van der Waals surface area contributed by atoms with Gasteiger partial charge in [0.1, 0.15) is 5.82 Å². The van der Waals surface area contributed by atoms with Crippen LogP contribution in [0.5, 0.6) is 0 Å². The highest BCUT2D eigenvalue weighted by molar-refractivity contribution is 5.75. The van der Waals surface area contributed by atoms with Crippen LogP contribution >= 0.6 is 0 Å². The van der Waals surface area contributed by atoms with Gasteiger partial charge in [-0.1, -0.05) is 19.4 Å². The number of hydrogen-bond donors (Lipinski definition) is 2. The maximum Gasteiger partial charge on any atom is 0.231 e. The lowest BCUT2D eigenvalue weighted by molar-refractivity contribution is -0.119. The maximum absolute atomic E-state index is 11.0. The van der Waals surface area contributed by atoms with Crippen LogP contribution in [0.3, 0.4) is 0 Å². The predicted octanol–water partition coefficient (Wildman–Crippen LogP) is 0.751. The lowest BCUT2D eigenvalue weighted by Crippen LogP contribution is -2.34. The summed E-state index contributed by atoms with van der Waals surface area (Å²) in [7, 11) is 0. The summed E-state index contributed by atoms with van der Waals surface area (Å²) in [5.41, 5.74) is 11.7. The zero-order valence-corrected chi connectivity index (χ0v) is 10.2. The molecule has 1 aromatic heterocycles. The van der Waals surface area contributed by atoms with Crippen molar-refractivity contribution in [1.82, 2.24) is 9.88 Å². The van der Waals surface area contributed by atoms with Crippen LogP contribution in [-0.2, 0) is 11.3 Å². The second-order valence-corrected chi connectivity index (χ2v) is 4.08. The maximum atomic E-state index is 11.0. The number of aromatic nitrogens is 1. The summed E-state index contributed by atoms with van der Waals surface area (Å²) in [5, 5.41) is 0. The van der Waals surface area contributed by atoms with Crippen molar-refractivity contribution in [3.05, 3.63) is 23.9 Å². The topological polar surface area (TPSA) is 85.2 Å². The van der Waals surface area contributed by atoms with E-state index in [1.165, 1.54) is 0 Å². The third kappa shape index (κ3) is 5.31. The highest BCUT2D eigenvalue weighted by Gasteiger charge is 2.09. The summed E-state index contributed by atoms with van der Waals surface area (Å²) in [4.78, 5) is 17.2. The number of anilines is 1. The molecule has 0 saturated heterocycles. The normalized spacial score (nSPS) is 10.7. The van der Waals surface area contributed by atoms with Crippen molar-refractivity contribution in [1.29, 1.82) is 0 Å². The van der Waals surface area contributed by atoms with Crippen molar-refractivity contribution < 1.29 is 4.79 Å². The molecule has 0 bridgehead atoms. The molecule has 0 atom stereocenters. The Labute approximate surface area is 102 Å². The lowest BCUT2D eigenvalue weighted by Gasteiger charge is -2.19. The first kappa shape index (κ1) is 13.4. The first-order valence-electron chi connectivity index (χ1n) is 5.84. The predicted molar refractivity (Wildman–Crippen MR) is 68.0 cm³/mol. The average molecular weight is 236 g/mol. The van der Waals surface area contributed by atoms with E-state index >= 15 is 0 Å².